The molecule has 2 saturated heterocycles. The predicted octanol–water partition coefficient (Wildman–Crippen LogP) is 2.80. The molecule has 0 saturated carbocycles. The van der Waals surface area contributed by atoms with E-state index >= 15 is 0 Å². The van der Waals surface area contributed by atoms with Gasteiger partial charge in [0, 0.05) is 25.7 Å². The van der Waals surface area contributed by atoms with Crippen LogP contribution in [-0.2, 0) is 10.0 Å². The Morgan fingerprint density at radius 1 is 1.13 bits per heavy atom. The summed E-state index contributed by atoms with van der Waals surface area (Å²) in [7, 11) is -3.05. The number of piperidine rings is 1. The van der Waals surface area contributed by atoms with Crippen molar-refractivity contribution in [2.75, 3.05) is 32.4 Å². The summed E-state index contributed by atoms with van der Waals surface area (Å²) in [5.41, 5.74) is 2.81. The van der Waals surface area contributed by atoms with Gasteiger partial charge in [-0.3, -0.25) is 4.90 Å². The molecule has 2 heterocycles. The van der Waals surface area contributed by atoms with Crippen LogP contribution in [0.5, 0.6) is 0 Å². The number of benzene rings is 1. The Balaban J connectivity index is 1.68. The SMILES string of the molecule is Cc1ccccc1[C@@H]1CCCN1C[C@@H]1CCCN(S(C)(=O)=O)C1. The van der Waals surface area contributed by atoms with Crippen LogP contribution in [0.25, 0.3) is 0 Å². The standard InChI is InChI=1S/C18H28N2O2S/c1-15-7-3-4-9-17(15)18-10-6-11-19(18)13-16-8-5-12-20(14-16)23(2,21)22/h3-4,7,9,16,18H,5-6,8,10-14H2,1-2H3/t16-,18-/m0/s1. The Bertz CT molecular complexity index is 644. The van der Waals surface area contributed by atoms with Gasteiger partial charge in [-0.05, 0) is 56.2 Å². The molecule has 2 aliphatic rings. The van der Waals surface area contributed by atoms with Crippen LogP contribution in [0.2, 0.25) is 0 Å². The molecule has 23 heavy (non-hydrogen) atoms. The molecule has 2 atom stereocenters. The summed E-state index contributed by atoms with van der Waals surface area (Å²) in [6.07, 6.45) is 5.92. The first-order chi connectivity index (χ1) is 10.9. The van der Waals surface area contributed by atoms with E-state index in [1.165, 1.54) is 30.2 Å². The molecule has 0 unspecified atom stereocenters. The zero-order valence-electron chi connectivity index (χ0n) is 14.2. The third kappa shape index (κ3) is 3.95. The van der Waals surface area contributed by atoms with E-state index in [-0.39, 0.29) is 0 Å². The first-order valence-corrected chi connectivity index (χ1v) is 10.5. The predicted molar refractivity (Wildman–Crippen MR) is 93.9 cm³/mol. The van der Waals surface area contributed by atoms with Crippen molar-refractivity contribution in [2.45, 2.75) is 38.6 Å². The lowest BCUT2D eigenvalue weighted by molar-refractivity contribution is 0.168. The first kappa shape index (κ1) is 16.9. The molecule has 4 nitrogen and oxygen atoms in total. The fourth-order valence-electron chi connectivity index (χ4n) is 4.17. The Kier molecular flexibility index (Phi) is 5.09. The molecule has 0 amide bonds. The van der Waals surface area contributed by atoms with E-state index in [9.17, 15) is 8.42 Å². The maximum atomic E-state index is 11.8. The van der Waals surface area contributed by atoms with Crippen LogP contribution in [-0.4, -0.2) is 50.1 Å². The van der Waals surface area contributed by atoms with Crippen molar-refractivity contribution >= 4 is 10.0 Å². The average molecular weight is 337 g/mol. The van der Waals surface area contributed by atoms with Crippen LogP contribution >= 0.6 is 0 Å². The molecule has 128 valence electrons. The molecule has 1 aromatic carbocycles. The van der Waals surface area contributed by atoms with E-state index in [2.05, 4.69) is 36.1 Å². The second kappa shape index (κ2) is 6.91. The number of sulfonamides is 1. The second-order valence-electron chi connectivity index (χ2n) is 7.14. The lowest BCUT2D eigenvalue weighted by Gasteiger charge is -2.35. The zero-order valence-corrected chi connectivity index (χ0v) is 15.1. The summed E-state index contributed by atoms with van der Waals surface area (Å²) in [6.45, 7) is 5.73. The van der Waals surface area contributed by atoms with Crippen molar-refractivity contribution in [2.24, 2.45) is 5.92 Å². The molecule has 0 aromatic heterocycles. The largest absolute Gasteiger partial charge is 0.296 e. The Morgan fingerprint density at radius 3 is 2.61 bits per heavy atom. The van der Waals surface area contributed by atoms with Gasteiger partial charge < -0.3 is 0 Å². The minimum absolute atomic E-state index is 0.461. The third-order valence-electron chi connectivity index (χ3n) is 5.35. The zero-order chi connectivity index (χ0) is 16.4. The van der Waals surface area contributed by atoms with Crippen molar-refractivity contribution in [1.29, 1.82) is 0 Å². The fraction of sp³-hybridized carbons (Fsp3) is 0.667. The van der Waals surface area contributed by atoms with Gasteiger partial charge in [0.25, 0.3) is 0 Å². The number of hydrogen-bond donors (Lipinski definition) is 0. The molecule has 0 spiro atoms. The molecular weight excluding hydrogens is 308 g/mol. The molecule has 0 aliphatic carbocycles. The van der Waals surface area contributed by atoms with E-state index in [0.717, 1.165) is 25.9 Å². The molecule has 0 radical (unpaired) electrons. The summed E-state index contributed by atoms with van der Waals surface area (Å²) in [4.78, 5) is 2.58. The van der Waals surface area contributed by atoms with Crippen LogP contribution in [0.4, 0.5) is 0 Å². The number of likely N-dealkylation sites (tertiary alicyclic amines) is 1. The van der Waals surface area contributed by atoms with Gasteiger partial charge in [-0.2, -0.15) is 0 Å². The van der Waals surface area contributed by atoms with Crippen molar-refractivity contribution in [1.82, 2.24) is 9.21 Å². The second-order valence-corrected chi connectivity index (χ2v) is 9.12. The molecule has 0 bridgehead atoms. The van der Waals surface area contributed by atoms with E-state index in [1.54, 1.807) is 4.31 Å². The van der Waals surface area contributed by atoms with Gasteiger partial charge in [0.15, 0.2) is 0 Å². The van der Waals surface area contributed by atoms with Crippen LogP contribution in [0.15, 0.2) is 24.3 Å². The van der Waals surface area contributed by atoms with E-state index in [1.807, 2.05) is 0 Å². The van der Waals surface area contributed by atoms with Crippen molar-refractivity contribution in [3.05, 3.63) is 35.4 Å². The highest BCUT2D eigenvalue weighted by molar-refractivity contribution is 7.88. The first-order valence-electron chi connectivity index (χ1n) is 8.70. The minimum atomic E-state index is -3.05. The molecule has 2 fully saturated rings. The number of nitrogens with zero attached hydrogens (tertiary/aromatic N) is 2. The monoisotopic (exact) mass is 336 g/mol. The lowest BCUT2D eigenvalue weighted by Crippen LogP contribution is -2.43. The summed E-state index contributed by atoms with van der Waals surface area (Å²) in [5.74, 6) is 0.461. The van der Waals surface area contributed by atoms with Crippen molar-refractivity contribution in [3.8, 4) is 0 Å². The fourth-order valence-corrected chi connectivity index (χ4v) is 5.11. The maximum Gasteiger partial charge on any atom is 0.211 e. The van der Waals surface area contributed by atoms with Gasteiger partial charge in [0.05, 0.1) is 6.26 Å². The van der Waals surface area contributed by atoms with Gasteiger partial charge in [-0.1, -0.05) is 24.3 Å². The molecular formula is C18H28N2O2S. The summed E-state index contributed by atoms with van der Waals surface area (Å²) in [6, 6.07) is 9.18. The van der Waals surface area contributed by atoms with Crippen LogP contribution in [0.1, 0.15) is 42.9 Å². The molecule has 5 heteroatoms. The van der Waals surface area contributed by atoms with E-state index in [4.69, 9.17) is 0 Å². The number of aryl methyl sites for hydroxylation is 1. The normalized spacial score (nSPS) is 27.4. The number of rotatable bonds is 4. The third-order valence-corrected chi connectivity index (χ3v) is 6.62. The van der Waals surface area contributed by atoms with Gasteiger partial charge >= 0.3 is 0 Å². The highest BCUT2D eigenvalue weighted by Crippen LogP contribution is 2.35. The Morgan fingerprint density at radius 2 is 1.87 bits per heavy atom. The summed E-state index contributed by atoms with van der Waals surface area (Å²) in [5, 5.41) is 0. The molecule has 2 aliphatic heterocycles. The van der Waals surface area contributed by atoms with Gasteiger partial charge in [-0.15, -0.1) is 0 Å². The highest BCUT2D eigenvalue weighted by Gasteiger charge is 2.32. The lowest BCUT2D eigenvalue weighted by atomic mass is 9.96. The molecule has 1 aromatic rings. The molecule has 0 N–H and O–H groups in total. The smallest absolute Gasteiger partial charge is 0.211 e. The van der Waals surface area contributed by atoms with Gasteiger partial charge in [-0.25, -0.2) is 12.7 Å². The number of hydrogen-bond acceptors (Lipinski definition) is 3. The van der Waals surface area contributed by atoms with Crippen LogP contribution in [0, 0.1) is 12.8 Å². The Hall–Kier alpha value is -0.910. The highest BCUT2D eigenvalue weighted by atomic mass is 32.2. The van der Waals surface area contributed by atoms with Crippen LogP contribution in [0.3, 0.4) is 0 Å². The average Bonchev–Trinajstić information content (AvgIpc) is 2.95. The quantitative estimate of drug-likeness (QED) is 0.849. The molecule has 3 rings (SSSR count). The van der Waals surface area contributed by atoms with E-state index < -0.39 is 10.0 Å². The van der Waals surface area contributed by atoms with Crippen molar-refractivity contribution in [3.63, 3.8) is 0 Å². The van der Waals surface area contributed by atoms with Gasteiger partial charge in [0.1, 0.15) is 0 Å². The van der Waals surface area contributed by atoms with Gasteiger partial charge in [0.2, 0.25) is 10.0 Å². The topological polar surface area (TPSA) is 40.6 Å². The summed E-state index contributed by atoms with van der Waals surface area (Å²) < 4.78 is 25.3. The van der Waals surface area contributed by atoms with Crippen LogP contribution < -0.4 is 0 Å². The minimum Gasteiger partial charge on any atom is -0.296 e. The maximum absolute atomic E-state index is 11.8. The van der Waals surface area contributed by atoms with E-state index in [0.29, 0.717) is 25.0 Å². The van der Waals surface area contributed by atoms with Crippen molar-refractivity contribution < 1.29 is 8.42 Å². The summed E-state index contributed by atoms with van der Waals surface area (Å²) >= 11 is 0. The Labute approximate surface area is 140 Å².